The molecule has 0 aromatic carbocycles. The van der Waals surface area contributed by atoms with Crippen LogP contribution in [0.1, 0.15) is 12.8 Å². The van der Waals surface area contributed by atoms with Crippen molar-refractivity contribution >= 4 is 6.03 Å². The highest BCUT2D eigenvalue weighted by Gasteiger charge is 2.53. The van der Waals surface area contributed by atoms with Gasteiger partial charge in [0.2, 0.25) is 0 Å². The lowest BCUT2D eigenvalue weighted by Crippen LogP contribution is -2.33. The zero-order valence-electron chi connectivity index (χ0n) is 6.25. The van der Waals surface area contributed by atoms with E-state index in [0.29, 0.717) is 5.92 Å². The number of primary amides is 1. The van der Waals surface area contributed by atoms with Gasteiger partial charge in [0.1, 0.15) is 0 Å². The maximum absolute atomic E-state index is 10.4. The van der Waals surface area contributed by atoms with E-state index in [1.807, 2.05) is 0 Å². The largest absolute Gasteiger partial charge is 0.376 e. The first-order valence-corrected chi connectivity index (χ1v) is 3.96. The number of carbonyl (C=O) groups is 1. The molecule has 3 N–H and O–H groups in total. The van der Waals surface area contributed by atoms with E-state index >= 15 is 0 Å². The molecule has 4 heteroatoms. The Morgan fingerprint density at radius 3 is 3.00 bits per heavy atom. The number of rotatable bonds is 1. The lowest BCUT2D eigenvalue weighted by Gasteiger charge is -2.06. The van der Waals surface area contributed by atoms with Crippen molar-refractivity contribution in [3.05, 3.63) is 0 Å². The molecule has 0 aromatic heterocycles. The molecule has 2 rings (SSSR count). The number of amides is 2. The van der Waals surface area contributed by atoms with Crippen LogP contribution in [0.5, 0.6) is 0 Å². The first-order valence-electron chi connectivity index (χ1n) is 3.96. The normalized spacial score (nSPS) is 40.9. The number of fused-ring (bicyclic) bond motifs is 1. The van der Waals surface area contributed by atoms with Crippen molar-refractivity contribution in [2.24, 2.45) is 11.7 Å². The molecule has 2 amide bonds. The monoisotopic (exact) mass is 156 g/mol. The lowest BCUT2D eigenvalue weighted by atomic mass is 10.2. The Morgan fingerprint density at radius 2 is 2.45 bits per heavy atom. The van der Waals surface area contributed by atoms with Gasteiger partial charge in [0.25, 0.3) is 0 Å². The Balaban J connectivity index is 1.85. The van der Waals surface area contributed by atoms with Crippen LogP contribution >= 0.6 is 0 Å². The third kappa shape index (κ3) is 1.18. The summed E-state index contributed by atoms with van der Waals surface area (Å²) in [5.74, 6) is 0.538. The van der Waals surface area contributed by atoms with Crippen molar-refractivity contribution in [2.75, 3.05) is 6.61 Å². The minimum absolute atomic E-state index is 0.204. The van der Waals surface area contributed by atoms with Crippen LogP contribution in [-0.4, -0.2) is 24.8 Å². The molecule has 3 atom stereocenters. The molecular formula is C7H12N2O2. The first-order chi connectivity index (χ1) is 5.29. The zero-order valence-corrected chi connectivity index (χ0v) is 6.25. The molecule has 0 aromatic rings. The van der Waals surface area contributed by atoms with Crippen LogP contribution in [-0.2, 0) is 4.74 Å². The molecule has 1 aliphatic carbocycles. The summed E-state index contributed by atoms with van der Waals surface area (Å²) in [6, 6.07) is -0.233. The van der Waals surface area contributed by atoms with E-state index < -0.39 is 6.03 Å². The van der Waals surface area contributed by atoms with E-state index in [2.05, 4.69) is 5.32 Å². The number of nitrogens with two attached hydrogens (primary N) is 1. The third-order valence-electron chi connectivity index (χ3n) is 2.40. The summed E-state index contributed by atoms with van der Waals surface area (Å²) < 4.78 is 5.40. The van der Waals surface area contributed by atoms with E-state index in [9.17, 15) is 4.79 Å². The molecule has 0 spiro atoms. The Morgan fingerprint density at radius 1 is 1.64 bits per heavy atom. The second-order valence-electron chi connectivity index (χ2n) is 3.18. The van der Waals surface area contributed by atoms with Crippen LogP contribution in [0, 0.1) is 5.92 Å². The number of ether oxygens (including phenoxy) is 1. The predicted molar refractivity (Wildman–Crippen MR) is 39.0 cm³/mol. The second-order valence-corrected chi connectivity index (χ2v) is 3.18. The number of nitrogens with one attached hydrogen (secondary N) is 1. The summed E-state index contributed by atoms with van der Waals surface area (Å²) in [5.41, 5.74) is 4.98. The van der Waals surface area contributed by atoms with Crippen LogP contribution in [0.3, 0.4) is 0 Å². The van der Waals surface area contributed by atoms with E-state index in [1.165, 1.54) is 0 Å². The van der Waals surface area contributed by atoms with E-state index in [1.54, 1.807) is 0 Å². The topological polar surface area (TPSA) is 64.4 Å². The Labute approximate surface area is 65.1 Å². The van der Waals surface area contributed by atoms with E-state index in [0.717, 1.165) is 19.4 Å². The molecule has 0 bridgehead atoms. The Hall–Kier alpha value is -0.770. The average Bonchev–Trinajstić information content (AvgIpc) is 2.64. The summed E-state index contributed by atoms with van der Waals surface area (Å²) in [6.45, 7) is 0.831. The van der Waals surface area contributed by atoms with Crippen LogP contribution in [0.4, 0.5) is 4.79 Å². The van der Waals surface area contributed by atoms with Gasteiger partial charge in [0, 0.05) is 12.5 Å². The summed E-state index contributed by atoms with van der Waals surface area (Å²) in [7, 11) is 0. The Kier molecular flexibility index (Phi) is 1.49. The van der Waals surface area contributed by atoms with Crippen LogP contribution < -0.4 is 11.1 Å². The van der Waals surface area contributed by atoms with Crippen molar-refractivity contribution < 1.29 is 9.53 Å². The van der Waals surface area contributed by atoms with Gasteiger partial charge in [0.15, 0.2) is 0 Å². The highest BCUT2D eigenvalue weighted by molar-refractivity contribution is 5.72. The quantitative estimate of drug-likeness (QED) is 0.553. The summed E-state index contributed by atoms with van der Waals surface area (Å²) in [5, 5.41) is 2.67. The highest BCUT2D eigenvalue weighted by atomic mass is 16.5. The molecule has 4 nitrogen and oxygen atoms in total. The fourth-order valence-corrected chi connectivity index (χ4v) is 1.81. The molecule has 3 unspecified atom stereocenters. The molecule has 1 saturated carbocycles. The fraction of sp³-hybridized carbons (Fsp3) is 0.857. The van der Waals surface area contributed by atoms with Crippen LogP contribution in [0.25, 0.3) is 0 Å². The molecule has 2 aliphatic rings. The van der Waals surface area contributed by atoms with Gasteiger partial charge in [-0.1, -0.05) is 0 Å². The third-order valence-corrected chi connectivity index (χ3v) is 2.40. The highest BCUT2D eigenvalue weighted by Crippen LogP contribution is 2.41. The van der Waals surface area contributed by atoms with Gasteiger partial charge in [-0.15, -0.1) is 0 Å². The van der Waals surface area contributed by atoms with Crippen LogP contribution in [0.15, 0.2) is 0 Å². The van der Waals surface area contributed by atoms with Crippen molar-refractivity contribution in [2.45, 2.75) is 25.0 Å². The van der Waals surface area contributed by atoms with Gasteiger partial charge < -0.3 is 15.8 Å². The molecule has 1 saturated heterocycles. The minimum atomic E-state index is -0.437. The van der Waals surface area contributed by atoms with E-state index in [4.69, 9.17) is 10.5 Å². The van der Waals surface area contributed by atoms with Gasteiger partial charge in [-0.05, 0) is 12.8 Å². The van der Waals surface area contributed by atoms with Crippen LogP contribution in [0.2, 0.25) is 0 Å². The standard InChI is InChI=1S/C7H12N2O2/c8-7(10)9-5-4-2-1-3-11-6(4)5/h4-6H,1-3H2,(H3,8,9,10). The van der Waals surface area contributed by atoms with Gasteiger partial charge in [0.05, 0.1) is 12.1 Å². The molecule has 1 aliphatic heterocycles. The minimum Gasteiger partial charge on any atom is -0.376 e. The number of hydrogen-bond donors (Lipinski definition) is 2. The maximum atomic E-state index is 10.4. The molecular weight excluding hydrogens is 144 g/mol. The Bertz CT molecular complexity index is 171. The fourth-order valence-electron chi connectivity index (χ4n) is 1.81. The zero-order chi connectivity index (χ0) is 7.84. The SMILES string of the molecule is NC(=O)NC1C2CCCOC21. The van der Waals surface area contributed by atoms with Gasteiger partial charge in [-0.2, -0.15) is 0 Å². The average molecular weight is 156 g/mol. The number of carbonyl (C=O) groups excluding carboxylic acids is 1. The molecule has 2 fully saturated rings. The molecule has 0 radical (unpaired) electrons. The molecule has 11 heavy (non-hydrogen) atoms. The molecule has 1 heterocycles. The second kappa shape index (κ2) is 2.37. The summed E-state index contributed by atoms with van der Waals surface area (Å²) in [4.78, 5) is 10.4. The smallest absolute Gasteiger partial charge is 0.312 e. The maximum Gasteiger partial charge on any atom is 0.312 e. The summed E-state index contributed by atoms with van der Waals surface area (Å²) in [6.07, 6.45) is 2.53. The van der Waals surface area contributed by atoms with E-state index in [-0.39, 0.29) is 12.1 Å². The molecule has 62 valence electrons. The van der Waals surface area contributed by atoms with Gasteiger partial charge in [-0.25, -0.2) is 4.79 Å². The van der Waals surface area contributed by atoms with Gasteiger partial charge in [-0.3, -0.25) is 0 Å². The van der Waals surface area contributed by atoms with Crippen molar-refractivity contribution in [1.29, 1.82) is 0 Å². The first kappa shape index (κ1) is 6.91. The van der Waals surface area contributed by atoms with Crippen molar-refractivity contribution in [3.63, 3.8) is 0 Å². The van der Waals surface area contributed by atoms with Crippen molar-refractivity contribution in [3.8, 4) is 0 Å². The van der Waals surface area contributed by atoms with Gasteiger partial charge >= 0.3 is 6.03 Å². The predicted octanol–water partition coefficient (Wildman–Crippen LogP) is -0.168. The number of urea groups is 1. The van der Waals surface area contributed by atoms with Crippen molar-refractivity contribution in [1.82, 2.24) is 5.32 Å². The lowest BCUT2D eigenvalue weighted by molar-refractivity contribution is 0.0774. The summed E-state index contributed by atoms with van der Waals surface area (Å²) >= 11 is 0. The number of hydrogen-bond acceptors (Lipinski definition) is 2.